The Morgan fingerprint density at radius 1 is 0.941 bits per heavy atom. The van der Waals surface area contributed by atoms with Crippen molar-refractivity contribution in [3.8, 4) is 0 Å². The van der Waals surface area contributed by atoms with Gasteiger partial charge in [-0.3, -0.25) is 0 Å². The van der Waals surface area contributed by atoms with E-state index >= 15 is 0 Å². The zero-order chi connectivity index (χ0) is 27.9. The average molecular weight is 509 g/mol. The van der Waals surface area contributed by atoms with E-state index in [9.17, 15) is 0 Å². The molecule has 7 heteroatoms. The summed E-state index contributed by atoms with van der Waals surface area (Å²) in [6.07, 6.45) is 14.8. The molecular formula is C27H36CrO6. The van der Waals surface area contributed by atoms with E-state index in [0.717, 1.165) is 10.5 Å². The molecule has 0 radical (unpaired) electrons. The molecule has 2 rings (SSSR count). The second-order valence-corrected chi connectivity index (χ2v) is 9.31. The Morgan fingerprint density at radius 3 is 1.76 bits per heavy atom. The Balaban J connectivity index is -0.000000398. The molecule has 0 aromatic carbocycles. The second-order valence-electron chi connectivity index (χ2n) is 8.73. The number of allylic oxidation sites excluding steroid dienone is 2. The summed E-state index contributed by atoms with van der Waals surface area (Å²) in [5.41, 5.74) is -0.105. The predicted octanol–water partition coefficient (Wildman–Crippen LogP) is 5.75. The summed E-state index contributed by atoms with van der Waals surface area (Å²) in [5, 5.41) is 0. The molecule has 0 N–H and O–H groups in total. The Bertz CT molecular complexity index is 649. The predicted molar refractivity (Wildman–Crippen MR) is 120 cm³/mol. The molecule has 1 saturated carbocycles. The molecule has 0 bridgehead atoms. The molecule has 0 aromatic rings. The van der Waals surface area contributed by atoms with Crippen LogP contribution in [0.2, 0.25) is 0 Å². The molecule has 2 aliphatic carbocycles. The van der Waals surface area contributed by atoms with Gasteiger partial charge in [-0.1, -0.05) is 0 Å². The van der Waals surface area contributed by atoms with E-state index in [1.54, 1.807) is 0 Å². The number of hydrogen-bond acceptors (Lipinski definition) is 1. The van der Waals surface area contributed by atoms with Crippen molar-refractivity contribution in [2.45, 2.75) is 73.3 Å². The summed E-state index contributed by atoms with van der Waals surface area (Å²) >= 11 is 3.26. The summed E-state index contributed by atoms with van der Waals surface area (Å²) < 4.78 is 45.1. The van der Waals surface area contributed by atoms with Gasteiger partial charge in [0.25, 0.3) is 0 Å². The van der Waals surface area contributed by atoms with Crippen LogP contribution in [-0.4, -0.2) is 10.7 Å². The van der Waals surface area contributed by atoms with Crippen molar-refractivity contribution in [1.82, 2.24) is 0 Å². The van der Waals surface area contributed by atoms with Gasteiger partial charge in [0.2, 0.25) is 0 Å². The van der Waals surface area contributed by atoms with Gasteiger partial charge >= 0.3 is 214 Å². The zero-order valence-electron chi connectivity index (χ0n) is 21.0. The van der Waals surface area contributed by atoms with Crippen LogP contribution in [0.1, 0.15) is 67.2 Å². The van der Waals surface area contributed by atoms with Crippen molar-refractivity contribution in [2.24, 2.45) is 35.0 Å². The molecule has 1 unspecified atom stereocenters. The van der Waals surface area contributed by atoms with Crippen molar-refractivity contribution in [3.05, 3.63) is 57.6 Å². The van der Waals surface area contributed by atoms with Gasteiger partial charge in [-0.15, -0.1) is 0 Å². The fraction of sp³-hybridized carbons (Fsp3) is 0.630. The summed E-state index contributed by atoms with van der Waals surface area (Å²) in [6, 6.07) is 0. The molecule has 2 aliphatic rings. The van der Waals surface area contributed by atoms with E-state index in [-0.39, 0.29) is 5.41 Å². The SMILES string of the molecule is CCC(C)C1C=CC(C)([C](=[Cr])O[C@@H]2C[C@H](C)CC[C@H]2C(C)C)C=C1.[C-]#[O+].[C-]#[O+].[C-]#[O+].[C-]#[O+].[C-]#[O+]. The quantitative estimate of drug-likeness (QED) is 0.254. The van der Waals surface area contributed by atoms with Crippen molar-refractivity contribution in [3.63, 3.8) is 0 Å². The van der Waals surface area contributed by atoms with E-state index in [1.807, 2.05) is 0 Å². The molecule has 1 fully saturated rings. The van der Waals surface area contributed by atoms with E-state index in [4.69, 9.17) is 28.0 Å². The third-order valence-electron chi connectivity index (χ3n) is 6.29. The first-order valence-corrected chi connectivity index (χ1v) is 11.5. The van der Waals surface area contributed by atoms with Crippen LogP contribution < -0.4 is 0 Å². The minimum absolute atomic E-state index is 0.105. The van der Waals surface area contributed by atoms with E-state index < -0.39 is 0 Å². The minimum atomic E-state index is -0.105. The second kappa shape index (κ2) is 24.7. The Hall–Kier alpha value is -1.46. The molecule has 6 nitrogen and oxygen atoms in total. The fourth-order valence-corrected chi connectivity index (χ4v) is 4.45. The first-order valence-electron chi connectivity index (χ1n) is 10.9. The van der Waals surface area contributed by atoms with Crippen LogP contribution in [0.4, 0.5) is 0 Å². The molecule has 0 saturated heterocycles. The van der Waals surface area contributed by atoms with Crippen molar-refractivity contribution in [1.29, 1.82) is 0 Å². The van der Waals surface area contributed by atoms with Gasteiger partial charge in [-0.2, -0.15) is 0 Å². The topological polar surface area (TPSA) is 109 Å². The zero-order valence-corrected chi connectivity index (χ0v) is 22.2. The van der Waals surface area contributed by atoms with Crippen LogP contribution in [-0.2, 0) is 43.8 Å². The van der Waals surface area contributed by atoms with E-state index in [1.165, 1.54) is 25.7 Å². The number of hydrogen-bond donors (Lipinski definition) is 0. The Morgan fingerprint density at radius 2 is 1.38 bits per heavy atom. The number of ether oxygens (including phenoxy) is 1. The van der Waals surface area contributed by atoms with Crippen LogP contribution in [0.15, 0.2) is 24.3 Å². The molecule has 34 heavy (non-hydrogen) atoms. The van der Waals surface area contributed by atoms with Gasteiger partial charge in [-0.05, 0) is 0 Å². The van der Waals surface area contributed by atoms with Crippen LogP contribution in [0.25, 0.3) is 0 Å². The summed E-state index contributed by atoms with van der Waals surface area (Å²) in [5.74, 6) is 3.41. The van der Waals surface area contributed by atoms with Gasteiger partial charge in [-0.25, -0.2) is 0 Å². The molecule has 0 spiro atoms. The van der Waals surface area contributed by atoms with Gasteiger partial charge in [0.1, 0.15) is 0 Å². The first kappa shape index (κ1) is 39.7. The van der Waals surface area contributed by atoms with Gasteiger partial charge < -0.3 is 0 Å². The van der Waals surface area contributed by atoms with Crippen LogP contribution >= 0.6 is 0 Å². The van der Waals surface area contributed by atoms with Crippen LogP contribution in [0.5, 0.6) is 0 Å². The van der Waals surface area contributed by atoms with Crippen LogP contribution in [0, 0.1) is 68.3 Å². The van der Waals surface area contributed by atoms with Crippen molar-refractivity contribution < 1.29 is 43.8 Å². The van der Waals surface area contributed by atoms with E-state index in [2.05, 4.69) is 115 Å². The van der Waals surface area contributed by atoms with Gasteiger partial charge in [0.05, 0.1) is 0 Å². The molecule has 186 valence electrons. The molecule has 0 heterocycles. The van der Waals surface area contributed by atoms with Crippen molar-refractivity contribution >= 4 is 4.57 Å². The average Bonchev–Trinajstić information content (AvgIpc) is 2.90. The maximum absolute atomic E-state index is 7.50. The normalized spacial score (nSPS) is 26.9. The molecule has 0 aliphatic heterocycles. The van der Waals surface area contributed by atoms with E-state index in [0.29, 0.717) is 29.8 Å². The summed E-state index contributed by atoms with van der Waals surface area (Å²) in [6.45, 7) is 36.4. The molecule has 0 amide bonds. The first-order chi connectivity index (χ1) is 16.3. The standard InChI is InChI=1S/C22H36O.5CO.Cr/c1-7-18(5)19-10-12-22(6,13-11-19)15-23-21-14-17(4)8-9-20(21)16(2)3;5*1-2;/h10-13,16-21H,7-9,14H2,1-6H3;;;;;;/t17-,18?,19?,20+,21-,22?;;;;;;/m1....../s1. The van der Waals surface area contributed by atoms with Gasteiger partial charge in [0.15, 0.2) is 0 Å². The van der Waals surface area contributed by atoms with Gasteiger partial charge in [0, 0.05) is 0 Å². The monoisotopic (exact) mass is 508 g/mol. The number of rotatable bonds is 6. The Kier molecular flexibility index (Phi) is 28.8. The molecule has 0 aromatic heterocycles. The molecular weight excluding hydrogens is 472 g/mol. The van der Waals surface area contributed by atoms with Crippen LogP contribution in [0.3, 0.4) is 0 Å². The third kappa shape index (κ3) is 14.1. The third-order valence-corrected chi connectivity index (χ3v) is 7.13. The molecule has 4 atom stereocenters. The maximum atomic E-state index is 7.50. The van der Waals surface area contributed by atoms with Crippen molar-refractivity contribution in [2.75, 3.05) is 0 Å². The Labute approximate surface area is 214 Å². The summed E-state index contributed by atoms with van der Waals surface area (Å²) in [7, 11) is 0. The fourth-order valence-electron chi connectivity index (χ4n) is 4.04. The summed E-state index contributed by atoms with van der Waals surface area (Å²) in [4.78, 5) is 0.